The van der Waals surface area contributed by atoms with Gasteiger partial charge >= 0.3 is 0 Å². The Morgan fingerprint density at radius 2 is 1.92 bits per heavy atom. The number of anilines is 1. The van der Waals surface area contributed by atoms with E-state index in [1.807, 2.05) is 29.2 Å². The summed E-state index contributed by atoms with van der Waals surface area (Å²) >= 11 is 0. The molecule has 0 saturated heterocycles. The molecular formula is C20H31N3O3. The van der Waals surface area contributed by atoms with Crippen molar-refractivity contribution in [3.8, 4) is 5.75 Å². The smallest absolute Gasteiger partial charge is 0.239 e. The van der Waals surface area contributed by atoms with Gasteiger partial charge in [-0.05, 0) is 42.5 Å². The summed E-state index contributed by atoms with van der Waals surface area (Å²) in [6.07, 6.45) is 3.61. The van der Waals surface area contributed by atoms with E-state index in [0.29, 0.717) is 18.4 Å². The standard InChI is InChI=1S/C20H31N3O3/c1-14-5-4-6-18(15(14)2)22-20(25)13-23(12-11-19(21)24)16-7-9-17(26-3)10-8-16/h7-10,14-15,18H,4-6,11-13H2,1-3H3,(H2,21,24)(H,22,25)/t14-,15-,18+/m0/s1. The van der Waals surface area contributed by atoms with Crippen molar-refractivity contribution in [3.63, 3.8) is 0 Å². The number of hydrogen-bond acceptors (Lipinski definition) is 4. The predicted octanol–water partition coefficient (Wildman–Crippen LogP) is 2.32. The van der Waals surface area contributed by atoms with Crippen molar-refractivity contribution in [2.24, 2.45) is 17.6 Å². The molecule has 26 heavy (non-hydrogen) atoms. The molecule has 1 fully saturated rings. The van der Waals surface area contributed by atoms with Crippen LogP contribution < -0.4 is 20.7 Å². The van der Waals surface area contributed by atoms with Gasteiger partial charge in [0.15, 0.2) is 0 Å². The molecule has 2 amide bonds. The van der Waals surface area contributed by atoms with E-state index in [1.165, 1.54) is 6.42 Å². The van der Waals surface area contributed by atoms with E-state index in [0.717, 1.165) is 24.3 Å². The Hall–Kier alpha value is -2.24. The fraction of sp³-hybridized carbons (Fsp3) is 0.600. The van der Waals surface area contributed by atoms with Crippen LogP contribution in [0.4, 0.5) is 5.69 Å². The van der Waals surface area contributed by atoms with Gasteiger partial charge in [0.05, 0.1) is 13.7 Å². The third-order valence-corrected chi connectivity index (χ3v) is 5.45. The van der Waals surface area contributed by atoms with Crippen molar-refractivity contribution >= 4 is 17.5 Å². The number of primary amides is 1. The van der Waals surface area contributed by atoms with Gasteiger partial charge in [0.25, 0.3) is 0 Å². The second-order valence-electron chi connectivity index (χ2n) is 7.28. The number of nitrogens with one attached hydrogen (secondary N) is 1. The summed E-state index contributed by atoms with van der Waals surface area (Å²) in [5.41, 5.74) is 6.16. The Bertz CT molecular complexity index is 603. The maximum atomic E-state index is 12.6. The van der Waals surface area contributed by atoms with Crippen molar-refractivity contribution in [1.82, 2.24) is 5.32 Å². The molecule has 1 aliphatic rings. The van der Waals surface area contributed by atoms with Gasteiger partial charge in [-0.15, -0.1) is 0 Å². The summed E-state index contributed by atoms with van der Waals surface area (Å²) < 4.78 is 5.18. The highest BCUT2D eigenvalue weighted by Gasteiger charge is 2.28. The first-order valence-corrected chi connectivity index (χ1v) is 9.37. The maximum absolute atomic E-state index is 12.6. The molecule has 0 aromatic heterocycles. The second kappa shape index (κ2) is 9.46. The topological polar surface area (TPSA) is 84.7 Å². The van der Waals surface area contributed by atoms with Crippen LogP contribution in [0.15, 0.2) is 24.3 Å². The molecule has 1 saturated carbocycles. The number of carbonyl (C=O) groups is 2. The fourth-order valence-corrected chi connectivity index (χ4v) is 3.55. The van der Waals surface area contributed by atoms with Gasteiger partial charge in [-0.1, -0.05) is 26.7 Å². The zero-order chi connectivity index (χ0) is 19.1. The molecular weight excluding hydrogens is 330 g/mol. The van der Waals surface area contributed by atoms with Crippen LogP contribution in [0.25, 0.3) is 0 Å². The predicted molar refractivity (Wildman–Crippen MR) is 103 cm³/mol. The van der Waals surface area contributed by atoms with Crippen LogP contribution in [0.2, 0.25) is 0 Å². The van der Waals surface area contributed by atoms with E-state index < -0.39 is 0 Å². The lowest BCUT2D eigenvalue weighted by molar-refractivity contribution is -0.121. The molecule has 1 aliphatic carbocycles. The lowest BCUT2D eigenvalue weighted by Crippen LogP contribution is -2.47. The van der Waals surface area contributed by atoms with Gasteiger partial charge in [-0.3, -0.25) is 9.59 Å². The number of rotatable bonds is 8. The van der Waals surface area contributed by atoms with Crippen molar-refractivity contribution < 1.29 is 14.3 Å². The summed E-state index contributed by atoms with van der Waals surface area (Å²) in [5.74, 6) is 1.46. The summed E-state index contributed by atoms with van der Waals surface area (Å²) in [5, 5.41) is 3.19. The SMILES string of the molecule is COc1ccc(N(CCC(N)=O)CC(=O)N[C@@H]2CCC[C@H](C)[C@@H]2C)cc1. The number of carbonyl (C=O) groups excluding carboxylic acids is 2. The Kier molecular flexibility index (Phi) is 7.30. The highest BCUT2D eigenvalue weighted by molar-refractivity contribution is 5.82. The zero-order valence-corrected chi connectivity index (χ0v) is 16.0. The van der Waals surface area contributed by atoms with E-state index in [2.05, 4.69) is 19.2 Å². The quantitative estimate of drug-likeness (QED) is 0.744. The summed E-state index contributed by atoms with van der Waals surface area (Å²) in [6, 6.07) is 7.68. The zero-order valence-electron chi connectivity index (χ0n) is 16.0. The van der Waals surface area contributed by atoms with Crippen molar-refractivity contribution in [1.29, 1.82) is 0 Å². The minimum Gasteiger partial charge on any atom is -0.497 e. The average molecular weight is 361 g/mol. The van der Waals surface area contributed by atoms with Crippen LogP contribution in [0.3, 0.4) is 0 Å². The molecule has 0 unspecified atom stereocenters. The lowest BCUT2D eigenvalue weighted by Gasteiger charge is -2.35. The molecule has 2 rings (SSSR count). The summed E-state index contributed by atoms with van der Waals surface area (Å²) in [6.45, 7) is 5.07. The van der Waals surface area contributed by atoms with Gasteiger partial charge in [0, 0.05) is 24.7 Å². The van der Waals surface area contributed by atoms with E-state index in [9.17, 15) is 9.59 Å². The van der Waals surface area contributed by atoms with E-state index in [1.54, 1.807) is 7.11 Å². The molecule has 6 nitrogen and oxygen atoms in total. The molecule has 1 aromatic carbocycles. The molecule has 0 radical (unpaired) electrons. The first kappa shape index (κ1) is 20.1. The van der Waals surface area contributed by atoms with Crippen LogP contribution in [-0.4, -0.2) is 38.1 Å². The monoisotopic (exact) mass is 361 g/mol. The van der Waals surface area contributed by atoms with E-state index in [-0.39, 0.29) is 30.8 Å². The van der Waals surface area contributed by atoms with Gasteiger partial charge < -0.3 is 20.7 Å². The molecule has 3 N–H and O–H groups in total. The third-order valence-electron chi connectivity index (χ3n) is 5.45. The van der Waals surface area contributed by atoms with Gasteiger partial charge in [0.2, 0.25) is 11.8 Å². The van der Waals surface area contributed by atoms with Crippen LogP contribution >= 0.6 is 0 Å². The number of hydrogen-bond donors (Lipinski definition) is 2. The summed E-state index contributed by atoms with van der Waals surface area (Å²) in [4.78, 5) is 25.7. The normalized spacial score (nSPS) is 22.5. The van der Waals surface area contributed by atoms with Gasteiger partial charge in [0.1, 0.15) is 5.75 Å². The lowest BCUT2D eigenvalue weighted by atomic mass is 9.78. The number of ether oxygens (including phenoxy) is 1. The number of nitrogens with two attached hydrogens (primary N) is 1. The number of methoxy groups -OCH3 is 1. The molecule has 3 atom stereocenters. The van der Waals surface area contributed by atoms with Gasteiger partial charge in [-0.2, -0.15) is 0 Å². The van der Waals surface area contributed by atoms with Crippen LogP contribution in [0.5, 0.6) is 5.75 Å². The van der Waals surface area contributed by atoms with Crippen LogP contribution in [-0.2, 0) is 9.59 Å². The molecule has 1 aromatic rings. The minimum absolute atomic E-state index is 0.0174. The number of amides is 2. The maximum Gasteiger partial charge on any atom is 0.239 e. The number of nitrogens with zero attached hydrogens (tertiary/aromatic N) is 1. The van der Waals surface area contributed by atoms with Gasteiger partial charge in [-0.25, -0.2) is 0 Å². The second-order valence-corrected chi connectivity index (χ2v) is 7.28. The first-order valence-electron chi connectivity index (χ1n) is 9.37. The molecule has 0 aliphatic heterocycles. The van der Waals surface area contributed by atoms with Crippen molar-refractivity contribution in [3.05, 3.63) is 24.3 Å². The third kappa shape index (κ3) is 5.64. The highest BCUT2D eigenvalue weighted by atomic mass is 16.5. The van der Waals surface area contributed by atoms with Crippen molar-refractivity contribution in [2.45, 2.75) is 45.6 Å². The molecule has 6 heteroatoms. The molecule has 144 valence electrons. The van der Waals surface area contributed by atoms with Crippen LogP contribution in [0, 0.1) is 11.8 Å². The van der Waals surface area contributed by atoms with E-state index >= 15 is 0 Å². The molecule has 0 bridgehead atoms. The average Bonchev–Trinajstić information content (AvgIpc) is 2.62. The highest BCUT2D eigenvalue weighted by Crippen LogP contribution is 2.29. The minimum atomic E-state index is -0.376. The fourth-order valence-electron chi connectivity index (χ4n) is 3.55. The molecule has 0 spiro atoms. The Morgan fingerprint density at radius 3 is 2.54 bits per heavy atom. The Balaban J connectivity index is 2.02. The van der Waals surface area contributed by atoms with Crippen molar-refractivity contribution in [2.75, 3.05) is 25.1 Å². The molecule has 0 heterocycles. The largest absolute Gasteiger partial charge is 0.497 e. The Labute approximate surface area is 156 Å². The summed E-state index contributed by atoms with van der Waals surface area (Å²) in [7, 11) is 1.61. The Morgan fingerprint density at radius 1 is 1.23 bits per heavy atom. The van der Waals surface area contributed by atoms with E-state index in [4.69, 9.17) is 10.5 Å². The first-order chi connectivity index (χ1) is 12.4. The number of benzene rings is 1. The van der Waals surface area contributed by atoms with Crippen LogP contribution in [0.1, 0.15) is 39.5 Å².